The number of halogens is 1. The Morgan fingerprint density at radius 2 is 2.25 bits per heavy atom. The summed E-state index contributed by atoms with van der Waals surface area (Å²) in [7, 11) is 0. The molecule has 12 heavy (non-hydrogen) atoms. The Kier molecular flexibility index (Phi) is 2.17. The number of pyridine rings is 1. The van der Waals surface area contributed by atoms with Gasteiger partial charge in [-0.05, 0) is 25.0 Å². The van der Waals surface area contributed by atoms with Gasteiger partial charge in [-0.15, -0.1) is 11.6 Å². The van der Waals surface area contributed by atoms with Crippen LogP contribution in [0.4, 0.5) is 5.82 Å². The van der Waals surface area contributed by atoms with Crippen LogP contribution in [0.2, 0.25) is 0 Å². The molecule has 2 rings (SSSR count). The van der Waals surface area contributed by atoms with E-state index < -0.39 is 0 Å². The second kappa shape index (κ2) is 3.31. The predicted octanol–water partition coefficient (Wildman–Crippen LogP) is 2.26. The summed E-state index contributed by atoms with van der Waals surface area (Å²) >= 11 is 5.85. The van der Waals surface area contributed by atoms with Crippen molar-refractivity contribution in [2.45, 2.75) is 24.3 Å². The lowest BCUT2D eigenvalue weighted by atomic mass is 9.92. The first-order valence-corrected chi connectivity index (χ1v) is 4.60. The normalized spacial score (nSPS) is 27.8. The Hall–Kier alpha value is -0.760. The molecule has 1 aromatic rings. The van der Waals surface area contributed by atoms with Crippen LogP contribution in [0.3, 0.4) is 0 Å². The van der Waals surface area contributed by atoms with Crippen LogP contribution in [0.1, 0.15) is 12.8 Å². The molecular weight excluding hydrogens is 172 g/mol. The van der Waals surface area contributed by atoms with E-state index in [0.717, 1.165) is 18.7 Å². The number of rotatable bonds is 2. The Morgan fingerprint density at radius 3 is 2.83 bits per heavy atom. The van der Waals surface area contributed by atoms with Crippen molar-refractivity contribution in [3.63, 3.8) is 0 Å². The maximum Gasteiger partial charge on any atom is 0.126 e. The van der Waals surface area contributed by atoms with Crippen LogP contribution in [0.5, 0.6) is 0 Å². The van der Waals surface area contributed by atoms with Gasteiger partial charge in [0.25, 0.3) is 0 Å². The molecule has 0 bridgehead atoms. The molecule has 0 saturated heterocycles. The van der Waals surface area contributed by atoms with Crippen molar-refractivity contribution in [3.8, 4) is 0 Å². The van der Waals surface area contributed by atoms with Gasteiger partial charge >= 0.3 is 0 Å². The van der Waals surface area contributed by atoms with Gasteiger partial charge in [0.1, 0.15) is 5.82 Å². The predicted molar refractivity (Wildman–Crippen MR) is 50.5 cm³/mol. The summed E-state index contributed by atoms with van der Waals surface area (Å²) in [6, 6.07) is 6.40. The largest absolute Gasteiger partial charge is 0.367 e. The molecule has 3 heteroatoms. The summed E-state index contributed by atoms with van der Waals surface area (Å²) in [5.74, 6) is 0.950. The fourth-order valence-corrected chi connectivity index (χ4v) is 1.75. The van der Waals surface area contributed by atoms with Gasteiger partial charge in [0.05, 0.1) is 0 Å². The maximum absolute atomic E-state index is 5.85. The average Bonchev–Trinajstić information content (AvgIpc) is 2.04. The molecule has 1 aliphatic carbocycles. The Bertz CT molecular complexity index is 244. The zero-order chi connectivity index (χ0) is 8.39. The van der Waals surface area contributed by atoms with Gasteiger partial charge in [-0.1, -0.05) is 6.07 Å². The van der Waals surface area contributed by atoms with Crippen LogP contribution in [-0.2, 0) is 0 Å². The molecular formula is C9H11ClN2. The molecule has 1 saturated carbocycles. The van der Waals surface area contributed by atoms with Crippen molar-refractivity contribution >= 4 is 17.4 Å². The highest BCUT2D eigenvalue weighted by Gasteiger charge is 2.26. The summed E-state index contributed by atoms with van der Waals surface area (Å²) in [4.78, 5) is 4.17. The SMILES string of the molecule is ClC1CC(Nc2ccccn2)C1. The van der Waals surface area contributed by atoms with Crippen molar-refractivity contribution < 1.29 is 0 Å². The summed E-state index contributed by atoms with van der Waals surface area (Å²) in [5, 5.41) is 3.68. The van der Waals surface area contributed by atoms with E-state index >= 15 is 0 Å². The molecule has 0 spiro atoms. The molecule has 64 valence electrons. The standard InChI is InChI=1S/C9H11ClN2/c10-7-5-8(6-7)12-9-3-1-2-4-11-9/h1-4,7-8H,5-6H2,(H,11,12). The lowest BCUT2D eigenvalue weighted by Gasteiger charge is -2.31. The van der Waals surface area contributed by atoms with Gasteiger partial charge in [0.15, 0.2) is 0 Å². The quantitative estimate of drug-likeness (QED) is 0.710. The molecule has 1 heterocycles. The number of anilines is 1. The van der Waals surface area contributed by atoms with E-state index in [-0.39, 0.29) is 0 Å². The van der Waals surface area contributed by atoms with E-state index in [1.165, 1.54) is 0 Å². The molecule has 1 aromatic heterocycles. The zero-order valence-electron chi connectivity index (χ0n) is 6.70. The van der Waals surface area contributed by atoms with E-state index in [4.69, 9.17) is 11.6 Å². The van der Waals surface area contributed by atoms with Crippen LogP contribution in [0.25, 0.3) is 0 Å². The van der Waals surface area contributed by atoms with E-state index in [2.05, 4.69) is 10.3 Å². The zero-order valence-corrected chi connectivity index (χ0v) is 7.46. The Morgan fingerprint density at radius 1 is 1.42 bits per heavy atom. The van der Waals surface area contributed by atoms with Crippen molar-refractivity contribution in [1.29, 1.82) is 0 Å². The van der Waals surface area contributed by atoms with Gasteiger partial charge in [-0.3, -0.25) is 0 Å². The number of alkyl halides is 1. The fourth-order valence-electron chi connectivity index (χ4n) is 1.32. The minimum atomic E-state index is 0.367. The second-order valence-electron chi connectivity index (χ2n) is 3.12. The molecule has 1 fully saturated rings. The van der Waals surface area contributed by atoms with Crippen molar-refractivity contribution in [2.75, 3.05) is 5.32 Å². The molecule has 0 unspecified atom stereocenters. The van der Waals surface area contributed by atoms with Gasteiger partial charge in [0.2, 0.25) is 0 Å². The molecule has 1 aliphatic rings. The highest BCUT2D eigenvalue weighted by Crippen LogP contribution is 2.27. The van der Waals surface area contributed by atoms with Gasteiger partial charge in [-0.25, -0.2) is 4.98 Å². The van der Waals surface area contributed by atoms with E-state index in [9.17, 15) is 0 Å². The minimum absolute atomic E-state index is 0.367. The minimum Gasteiger partial charge on any atom is -0.367 e. The summed E-state index contributed by atoms with van der Waals surface area (Å²) < 4.78 is 0. The third kappa shape index (κ3) is 1.69. The summed E-state index contributed by atoms with van der Waals surface area (Å²) in [5.41, 5.74) is 0. The van der Waals surface area contributed by atoms with Crippen molar-refractivity contribution in [3.05, 3.63) is 24.4 Å². The van der Waals surface area contributed by atoms with Crippen LogP contribution in [0.15, 0.2) is 24.4 Å². The first-order chi connectivity index (χ1) is 5.84. The first kappa shape index (κ1) is 7.87. The highest BCUT2D eigenvalue weighted by molar-refractivity contribution is 6.21. The van der Waals surface area contributed by atoms with Crippen LogP contribution in [0, 0.1) is 0 Å². The first-order valence-electron chi connectivity index (χ1n) is 4.16. The summed E-state index contributed by atoms with van der Waals surface area (Å²) in [6.07, 6.45) is 3.90. The molecule has 1 N–H and O–H groups in total. The van der Waals surface area contributed by atoms with Crippen molar-refractivity contribution in [1.82, 2.24) is 4.98 Å². The molecule has 2 nitrogen and oxygen atoms in total. The van der Waals surface area contributed by atoms with Gasteiger partial charge in [-0.2, -0.15) is 0 Å². The molecule has 0 aliphatic heterocycles. The molecule has 0 aromatic carbocycles. The monoisotopic (exact) mass is 182 g/mol. The maximum atomic E-state index is 5.85. The summed E-state index contributed by atoms with van der Waals surface area (Å²) in [6.45, 7) is 0. The third-order valence-electron chi connectivity index (χ3n) is 2.10. The number of hydrogen-bond donors (Lipinski definition) is 1. The molecule has 0 radical (unpaired) electrons. The van der Waals surface area contributed by atoms with Crippen LogP contribution >= 0.6 is 11.6 Å². The van der Waals surface area contributed by atoms with Gasteiger partial charge < -0.3 is 5.32 Å². The van der Waals surface area contributed by atoms with Crippen molar-refractivity contribution in [2.24, 2.45) is 0 Å². The van der Waals surface area contributed by atoms with E-state index in [0.29, 0.717) is 11.4 Å². The van der Waals surface area contributed by atoms with Crippen LogP contribution in [-0.4, -0.2) is 16.4 Å². The molecule has 0 amide bonds. The van der Waals surface area contributed by atoms with E-state index in [1.54, 1.807) is 6.20 Å². The third-order valence-corrected chi connectivity index (χ3v) is 2.45. The smallest absolute Gasteiger partial charge is 0.126 e. The number of hydrogen-bond acceptors (Lipinski definition) is 2. The second-order valence-corrected chi connectivity index (χ2v) is 3.74. The number of nitrogens with one attached hydrogen (secondary N) is 1. The lowest BCUT2D eigenvalue weighted by molar-refractivity contribution is 0.453. The fraction of sp³-hybridized carbons (Fsp3) is 0.444. The Balaban J connectivity index is 1.88. The van der Waals surface area contributed by atoms with E-state index in [1.807, 2.05) is 18.2 Å². The Labute approximate surface area is 77.0 Å². The van der Waals surface area contributed by atoms with Crippen LogP contribution < -0.4 is 5.32 Å². The molecule has 0 atom stereocenters. The highest BCUT2D eigenvalue weighted by atomic mass is 35.5. The average molecular weight is 183 g/mol. The number of nitrogens with zero attached hydrogens (tertiary/aromatic N) is 1. The number of aromatic nitrogens is 1. The lowest BCUT2D eigenvalue weighted by Crippen LogP contribution is -2.36. The topological polar surface area (TPSA) is 24.9 Å². The van der Waals surface area contributed by atoms with Gasteiger partial charge in [0, 0.05) is 17.6 Å².